The molecule has 17 nitrogen and oxygen atoms in total. The molecule has 0 aliphatic heterocycles. The molecule has 0 heterocycles. The second-order valence-corrected chi connectivity index (χ2v) is 31.7. The van der Waals surface area contributed by atoms with E-state index in [0.717, 1.165) is 114 Å². The maximum atomic E-state index is 13.1. The van der Waals surface area contributed by atoms with Crippen molar-refractivity contribution in [2.75, 3.05) is 39.6 Å². The number of aliphatic hydroxyl groups is 1. The fourth-order valence-electron chi connectivity index (χ4n) is 11.5. The van der Waals surface area contributed by atoms with E-state index in [4.69, 9.17) is 37.0 Å². The molecule has 0 rings (SSSR count). The fourth-order valence-corrected chi connectivity index (χ4v) is 13.1. The lowest BCUT2D eigenvalue weighted by Gasteiger charge is -2.21. The van der Waals surface area contributed by atoms with Gasteiger partial charge in [0.15, 0.2) is 12.2 Å². The third kappa shape index (κ3) is 67.6. The standard InChI is InChI=1S/C76H148O17P2/c1-9-68(7)54-46-38-30-24-20-16-12-14-18-22-26-32-42-50-58-75(80)92-71(62-86-73(78)56-48-40-31-25-21-17-13-11-15-19-23-28-36-44-52-66(3)4)64-90-94(82,83)88-60-70(77)61-89-95(84,85)91-65-72(93-76(81)59-51-43-35-34-39-47-55-69(8)10-2)63-87-74(79)57-49-41-33-27-29-37-45-53-67(5)6/h66-72,77H,9-65H2,1-8H3,(H,82,83)(H,84,85)/t68?,69?,70?,71-,72-/m1/s1. The SMILES string of the molecule is CCC(C)CCCCCCCCCCCCCCCCC(=O)O[C@H](COC(=O)CCCCCCCCCCCCCCCCC(C)C)COP(=O)(O)OCC(O)COP(=O)(O)OC[C@@H](COC(=O)CCCCCCCCCC(C)C)OC(=O)CCCCCCCCC(C)CC. The summed E-state index contributed by atoms with van der Waals surface area (Å²) in [4.78, 5) is 72.8. The number of carbonyl (C=O) groups is 4. The van der Waals surface area contributed by atoms with Gasteiger partial charge in [-0.1, -0.05) is 331 Å². The molecule has 0 aromatic heterocycles. The maximum absolute atomic E-state index is 13.1. The van der Waals surface area contributed by atoms with Gasteiger partial charge in [-0.25, -0.2) is 9.13 Å². The van der Waals surface area contributed by atoms with E-state index in [1.165, 1.54) is 180 Å². The summed E-state index contributed by atoms with van der Waals surface area (Å²) in [5, 5.41) is 10.6. The number of carbonyl (C=O) groups excluding carboxylic acids is 4. The monoisotopic (exact) mass is 1400 g/mol. The highest BCUT2D eigenvalue weighted by atomic mass is 31.2. The molecule has 0 aliphatic carbocycles. The van der Waals surface area contributed by atoms with E-state index in [-0.39, 0.29) is 25.7 Å². The summed E-state index contributed by atoms with van der Waals surface area (Å²) in [6.45, 7) is 14.2. The van der Waals surface area contributed by atoms with Gasteiger partial charge in [0.05, 0.1) is 26.4 Å². The van der Waals surface area contributed by atoms with Crippen LogP contribution in [-0.2, 0) is 65.4 Å². The summed E-state index contributed by atoms with van der Waals surface area (Å²) >= 11 is 0. The van der Waals surface area contributed by atoms with Crippen LogP contribution in [0.1, 0.15) is 383 Å². The van der Waals surface area contributed by atoms with Gasteiger partial charge in [0.2, 0.25) is 0 Å². The Morgan fingerprint density at radius 2 is 0.505 bits per heavy atom. The Hall–Kier alpha value is -1.94. The Balaban J connectivity index is 5.23. The molecule has 0 aromatic rings. The predicted molar refractivity (Wildman–Crippen MR) is 386 cm³/mol. The van der Waals surface area contributed by atoms with Gasteiger partial charge in [-0.2, -0.15) is 0 Å². The topological polar surface area (TPSA) is 237 Å². The second-order valence-electron chi connectivity index (χ2n) is 28.8. The molecule has 0 amide bonds. The molecular weight excluding hydrogens is 1250 g/mol. The van der Waals surface area contributed by atoms with Crippen LogP contribution in [-0.4, -0.2) is 96.7 Å². The first-order valence-electron chi connectivity index (χ1n) is 39.3. The van der Waals surface area contributed by atoms with Crippen LogP contribution in [0.5, 0.6) is 0 Å². The van der Waals surface area contributed by atoms with Crippen LogP contribution in [0, 0.1) is 23.7 Å². The highest BCUT2D eigenvalue weighted by Crippen LogP contribution is 2.45. The minimum Gasteiger partial charge on any atom is -0.462 e. The number of esters is 4. The number of phosphoric ester groups is 2. The quantitative estimate of drug-likeness (QED) is 0.0222. The van der Waals surface area contributed by atoms with E-state index in [0.29, 0.717) is 31.6 Å². The van der Waals surface area contributed by atoms with Crippen LogP contribution in [0.4, 0.5) is 0 Å². The van der Waals surface area contributed by atoms with Gasteiger partial charge in [-0.05, 0) is 49.4 Å². The zero-order valence-corrected chi connectivity index (χ0v) is 64.1. The van der Waals surface area contributed by atoms with Crippen molar-refractivity contribution in [2.24, 2.45) is 23.7 Å². The molecule has 0 radical (unpaired) electrons. The molecule has 3 N–H and O–H groups in total. The number of ether oxygens (including phenoxy) is 4. The predicted octanol–water partition coefficient (Wildman–Crippen LogP) is 22.0. The molecule has 0 aliphatic rings. The van der Waals surface area contributed by atoms with Crippen molar-refractivity contribution >= 4 is 39.5 Å². The van der Waals surface area contributed by atoms with Gasteiger partial charge in [0, 0.05) is 25.7 Å². The minimum atomic E-state index is -4.96. The molecule has 0 spiro atoms. The molecule has 95 heavy (non-hydrogen) atoms. The van der Waals surface area contributed by atoms with Crippen molar-refractivity contribution in [1.82, 2.24) is 0 Å². The van der Waals surface area contributed by atoms with Gasteiger partial charge < -0.3 is 33.8 Å². The molecule has 5 unspecified atom stereocenters. The molecule has 564 valence electrons. The first-order chi connectivity index (χ1) is 45.7. The third-order valence-corrected chi connectivity index (χ3v) is 20.2. The van der Waals surface area contributed by atoms with Crippen LogP contribution in [0.15, 0.2) is 0 Å². The summed E-state index contributed by atoms with van der Waals surface area (Å²) in [5.41, 5.74) is 0. The molecule has 0 bridgehead atoms. The molecule has 19 heteroatoms. The zero-order chi connectivity index (χ0) is 70.3. The van der Waals surface area contributed by atoms with Crippen LogP contribution >= 0.6 is 15.6 Å². The zero-order valence-electron chi connectivity index (χ0n) is 62.3. The van der Waals surface area contributed by atoms with Crippen LogP contribution < -0.4 is 0 Å². The van der Waals surface area contributed by atoms with Gasteiger partial charge >= 0.3 is 39.5 Å². The largest absolute Gasteiger partial charge is 0.472 e. The summed E-state index contributed by atoms with van der Waals surface area (Å²) in [6, 6.07) is 0. The highest BCUT2D eigenvalue weighted by Gasteiger charge is 2.30. The molecule has 0 saturated heterocycles. The van der Waals surface area contributed by atoms with E-state index >= 15 is 0 Å². The Morgan fingerprint density at radius 3 is 0.747 bits per heavy atom. The summed E-state index contributed by atoms with van der Waals surface area (Å²) in [6.07, 6.45) is 50.1. The number of aliphatic hydroxyl groups excluding tert-OH is 1. The molecule has 7 atom stereocenters. The second kappa shape index (κ2) is 65.4. The van der Waals surface area contributed by atoms with Crippen molar-refractivity contribution in [3.63, 3.8) is 0 Å². The van der Waals surface area contributed by atoms with Crippen molar-refractivity contribution in [2.45, 2.75) is 401 Å². The highest BCUT2D eigenvalue weighted by molar-refractivity contribution is 7.47. The van der Waals surface area contributed by atoms with Crippen molar-refractivity contribution < 1.29 is 80.2 Å². The molecular formula is C76H148O17P2. The van der Waals surface area contributed by atoms with Gasteiger partial charge in [-0.15, -0.1) is 0 Å². The number of rotatable bonds is 73. The fraction of sp³-hybridized carbons (Fsp3) is 0.947. The third-order valence-electron chi connectivity index (χ3n) is 18.3. The Bertz CT molecular complexity index is 1870. The summed E-state index contributed by atoms with van der Waals surface area (Å²) in [7, 11) is -9.91. The lowest BCUT2D eigenvalue weighted by molar-refractivity contribution is -0.161. The first kappa shape index (κ1) is 93.1. The smallest absolute Gasteiger partial charge is 0.462 e. The van der Waals surface area contributed by atoms with Crippen LogP contribution in [0.3, 0.4) is 0 Å². The van der Waals surface area contributed by atoms with Crippen molar-refractivity contribution in [3.05, 3.63) is 0 Å². The summed E-state index contributed by atoms with van der Waals surface area (Å²) < 4.78 is 68.5. The maximum Gasteiger partial charge on any atom is 0.472 e. The van der Waals surface area contributed by atoms with Gasteiger partial charge in [0.25, 0.3) is 0 Å². The molecule has 0 saturated carbocycles. The number of phosphoric acid groups is 2. The van der Waals surface area contributed by atoms with E-state index in [1.807, 2.05) is 0 Å². The number of hydrogen-bond donors (Lipinski definition) is 3. The van der Waals surface area contributed by atoms with Crippen LogP contribution in [0.25, 0.3) is 0 Å². The average Bonchev–Trinajstić information content (AvgIpc) is 2.82. The lowest BCUT2D eigenvalue weighted by Crippen LogP contribution is -2.30. The number of unbranched alkanes of at least 4 members (excludes halogenated alkanes) is 37. The number of hydrogen-bond acceptors (Lipinski definition) is 15. The minimum absolute atomic E-state index is 0.102. The lowest BCUT2D eigenvalue weighted by atomic mass is 9.99. The van der Waals surface area contributed by atoms with Crippen LogP contribution in [0.2, 0.25) is 0 Å². The summed E-state index contributed by atoms with van der Waals surface area (Å²) in [5.74, 6) is 0.946. The Kier molecular flexibility index (Phi) is 64.0. The van der Waals surface area contributed by atoms with E-state index in [9.17, 15) is 43.2 Å². The van der Waals surface area contributed by atoms with Crippen molar-refractivity contribution in [1.29, 1.82) is 0 Å². The first-order valence-corrected chi connectivity index (χ1v) is 42.3. The molecule has 0 fully saturated rings. The Morgan fingerprint density at radius 1 is 0.295 bits per heavy atom. The average molecular weight is 1400 g/mol. The van der Waals surface area contributed by atoms with E-state index in [1.54, 1.807) is 0 Å². The Labute approximate surface area is 581 Å². The van der Waals surface area contributed by atoms with E-state index in [2.05, 4.69) is 55.4 Å². The van der Waals surface area contributed by atoms with E-state index < -0.39 is 97.5 Å². The van der Waals surface area contributed by atoms with Gasteiger partial charge in [0.1, 0.15) is 19.3 Å². The van der Waals surface area contributed by atoms with Crippen molar-refractivity contribution in [3.8, 4) is 0 Å². The van der Waals surface area contributed by atoms with Gasteiger partial charge in [-0.3, -0.25) is 37.3 Å². The normalized spacial score (nSPS) is 14.7. The molecule has 0 aromatic carbocycles.